The summed E-state index contributed by atoms with van der Waals surface area (Å²) in [7, 11) is 1.40. The second-order valence-corrected chi connectivity index (χ2v) is 7.45. The Bertz CT molecular complexity index is 722. The lowest BCUT2D eigenvalue weighted by atomic mass is 9.85. The Balaban J connectivity index is 1.99. The van der Waals surface area contributed by atoms with Gasteiger partial charge in [0.1, 0.15) is 0 Å². The molecule has 0 spiro atoms. The zero-order chi connectivity index (χ0) is 21.6. The van der Waals surface area contributed by atoms with E-state index in [0.29, 0.717) is 12.8 Å². The van der Waals surface area contributed by atoms with E-state index in [1.54, 1.807) is 0 Å². The van der Waals surface area contributed by atoms with Crippen LogP contribution in [0.3, 0.4) is 0 Å². The monoisotopic (exact) mass is 416 g/mol. The number of carbonyl (C=O) groups is 2. The van der Waals surface area contributed by atoms with Crippen molar-refractivity contribution >= 4 is 11.8 Å². The van der Waals surface area contributed by atoms with Gasteiger partial charge in [0, 0.05) is 17.6 Å². The number of halogens is 3. The lowest BCUT2D eigenvalue weighted by Gasteiger charge is -2.31. The molecule has 0 aromatic heterocycles. The number of hydrogen-bond acceptors (Lipinski definition) is 4. The van der Waals surface area contributed by atoms with Crippen molar-refractivity contribution in [1.82, 2.24) is 10.6 Å². The first kappa shape index (κ1) is 22.8. The Morgan fingerprint density at radius 2 is 1.93 bits per heavy atom. The Kier molecular flexibility index (Phi) is 7.75. The van der Waals surface area contributed by atoms with Gasteiger partial charge in [0.05, 0.1) is 13.0 Å². The number of ether oxygens (including phenoxy) is 2. The SMILES string of the molecule is COc1cc(C(=O)NC2CCCC(C(F)(F)F)C2)ccc1OCC(=O)NC(C)C. The third-order valence-corrected chi connectivity index (χ3v) is 4.71. The number of methoxy groups -OCH3 is 1. The first-order chi connectivity index (χ1) is 13.6. The van der Waals surface area contributed by atoms with Crippen LogP contribution in [0.25, 0.3) is 0 Å². The largest absolute Gasteiger partial charge is 0.493 e. The summed E-state index contributed by atoms with van der Waals surface area (Å²) in [6, 6.07) is 3.88. The van der Waals surface area contributed by atoms with Crippen LogP contribution in [0.15, 0.2) is 18.2 Å². The summed E-state index contributed by atoms with van der Waals surface area (Å²) >= 11 is 0. The van der Waals surface area contributed by atoms with E-state index < -0.39 is 24.0 Å². The van der Waals surface area contributed by atoms with Crippen molar-refractivity contribution in [2.24, 2.45) is 5.92 Å². The highest BCUT2D eigenvalue weighted by atomic mass is 19.4. The van der Waals surface area contributed by atoms with E-state index in [4.69, 9.17) is 9.47 Å². The molecule has 2 unspecified atom stereocenters. The number of alkyl halides is 3. The molecule has 2 rings (SSSR count). The highest BCUT2D eigenvalue weighted by molar-refractivity contribution is 5.95. The van der Waals surface area contributed by atoms with Crippen molar-refractivity contribution in [3.63, 3.8) is 0 Å². The number of amides is 2. The molecule has 6 nitrogen and oxygen atoms in total. The molecule has 1 aliphatic carbocycles. The zero-order valence-corrected chi connectivity index (χ0v) is 16.8. The van der Waals surface area contributed by atoms with Crippen LogP contribution in [-0.4, -0.2) is 43.8 Å². The number of hydrogen-bond donors (Lipinski definition) is 2. The minimum absolute atomic E-state index is 0.0178. The average molecular weight is 416 g/mol. The molecule has 1 saturated carbocycles. The molecule has 1 aromatic carbocycles. The van der Waals surface area contributed by atoms with Gasteiger partial charge < -0.3 is 20.1 Å². The fourth-order valence-electron chi connectivity index (χ4n) is 3.32. The van der Waals surface area contributed by atoms with E-state index in [0.717, 1.165) is 0 Å². The minimum atomic E-state index is -4.24. The molecule has 0 saturated heterocycles. The van der Waals surface area contributed by atoms with Crippen LogP contribution in [-0.2, 0) is 4.79 Å². The number of carbonyl (C=O) groups excluding carboxylic acids is 2. The van der Waals surface area contributed by atoms with E-state index in [-0.39, 0.29) is 48.5 Å². The highest BCUT2D eigenvalue weighted by Gasteiger charge is 2.42. The number of rotatable bonds is 7. The topological polar surface area (TPSA) is 76.7 Å². The molecule has 1 aliphatic rings. The van der Waals surface area contributed by atoms with Gasteiger partial charge >= 0.3 is 6.18 Å². The molecule has 0 aliphatic heterocycles. The van der Waals surface area contributed by atoms with Crippen LogP contribution in [0.4, 0.5) is 13.2 Å². The van der Waals surface area contributed by atoms with Crippen LogP contribution in [0.2, 0.25) is 0 Å². The molecule has 1 aromatic rings. The number of nitrogens with one attached hydrogen (secondary N) is 2. The molecule has 29 heavy (non-hydrogen) atoms. The predicted octanol–water partition coefficient (Wildman–Crippen LogP) is 3.45. The van der Waals surface area contributed by atoms with Gasteiger partial charge in [-0.15, -0.1) is 0 Å². The van der Waals surface area contributed by atoms with E-state index in [1.807, 2.05) is 13.8 Å². The van der Waals surface area contributed by atoms with E-state index in [1.165, 1.54) is 25.3 Å². The molecular weight excluding hydrogens is 389 g/mol. The molecule has 2 atom stereocenters. The summed E-state index contributed by atoms with van der Waals surface area (Å²) in [6.45, 7) is 3.45. The quantitative estimate of drug-likeness (QED) is 0.714. The van der Waals surface area contributed by atoms with Gasteiger partial charge in [0.15, 0.2) is 18.1 Å². The van der Waals surface area contributed by atoms with Crippen LogP contribution >= 0.6 is 0 Å². The van der Waals surface area contributed by atoms with Gasteiger partial charge in [-0.3, -0.25) is 9.59 Å². The van der Waals surface area contributed by atoms with Crippen LogP contribution in [0.1, 0.15) is 49.9 Å². The molecule has 0 bridgehead atoms. The molecule has 0 radical (unpaired) electrons. The van der Waals surface area contributed by atoms with Gasteiger partial charge in [-0.05, 0) is 51.3 Å². The van der Waals surface area contributed by atoms with Gasteiger partial charge in [-0.1, -0.05) is 6.42 Å². The van der Waals surface area contributed by atoms with Gasteiger partial charge in [-0.25, -0.2) is 0 Å². The summed E-state index contributed by atoms with van der Waals surface area (Å²) in [4.78, 5) is 24.2. The fraction of sp³-hybridized carbons (Fsp3) is 0.600. The van der Waals surface area contributed by atoms with Crippen molar-refractivity contribution in [3.8, 4) is 11.5 Å². The third kappa shape index (κ3) is 6.83. The fourth-order valence-corrected chi connectivity index (χ4v) is 3.32. The summed E-state index contributed by atoms with van der Waals surface area (Å²) in [5, 5.41) is 5.37. The first-order valence-electron chi connectivity index (χ1n) is 9.58. The smallest absolute Gasteiger partial charge is 0.391 e. The van der Waals surface area contributed by atoms with E-state index in [2.05, 4.69) is 10.6 Å². The maximum Gasteiger partial charge on any atom is 0.391 e. The maximum absolute atomic E-state index is 12.9. The third-order valence-electron chi connectivity index (χ3n) is 4.71. The van der Waals surface area contributed by atoms with Crippen molar-refractivity contribution in [2.45, 2.75) is 57.8 Å². The number of benzene rings is 1. The molecule has 1 fully saturated rings. The Morgan fingerprint density at radius 3 is 2.55 bits per heavy atom. The first-order valence-corrected chi connectivity index (χ1v) is 9.58. The highest BCUT2D eigenvalue weighted by Crippen LogP contribution is 2.37. The molecule has 2 N–H and O–H groups in total. The average Bonchev–Trinajstić information content (AvgIpc) is 2.65. The Labute approximate surface area is 168 Å². The van der Waals surface area contributed by atoms with E-state index >= 15 is 0 Å². The van der Waals surface area contributed by atoms with Gasteiger partial charge in [-0.2, -0.15) is 13.2 Å². The van der Waals surface area contributed by atoms with Crippen LogP contribution in [0, 0.1) is 5.92 Å². The van der Waals surface area contributed by atoms with Crippen LogP contribution in [0.5, 0.6) is 11.5 Å². The van der Waals surface area contributed by atoms with Gasteiger partial charge in [0.25, 0.3) is 11.8 Å². The van der Waals surface area contributed by atoms with E-state index in [9.17, 15) is 22.8 Å². The van der Waals surface area contributed by atoms with Crippen molar-refractivity contribution in [3.05, 3.63) is 23.8 Å². The lowest BCUT2D eigenvalue weighted by molar-refractivity contribution is -0.183. The molecule has 2 amide bonds. The summed E-state index contributed by atoms with van der Waals surface area (Å²) in [5.74, 6) is -1.60. The van der Waals surface area contributed by atoms with Crippen molar-refractivity contribution in [2.75, 3.05) is 13.7 Å². The van der Waals surface area contributed by atoms with Gasteiger partial charge in [0.2, 0.25) is 0 Å². The molecule has 162 valence electrons. The summed E-state index contributed by atoms with van der Waals surface area (Å²) in [5.41, 5.74) is 0.245. The Morgan fingerprint density at radius 1 is 1.21 bits per heavy atom. The molecule has 0 heterocycles. The second kappa shape index (κ2) is 9.84. The summed E-state index contributed by atoms with van der Waals surface area (Å²) in [6.07, 6.45) is -3.32. The van der Waals surface area contributed by atoms with Crippen molar-refractivity contribution in [1.29, 1.82) is 0 Å². The lowest BCUT2D eigenvalue weighted by Crippen LogP contribution is -2.41. The standard InChI is InChI=1S/C20H27F3N2O4/c1-12(2)24-18(26)11-29-16-8-7-13(9-17(16)28-3)19(27)25-15-6-4-5-14(10-15)20(21,22)23/h7-9,12,14-15H,4-6,10-11H2,1-3H3,(H,24,26)(H,25,27). The molecular formula is C20H27F3N2O4. The van der Waals surface area contributed by atoms with Crippen molar-refractivity contribution < 1.29 is 32.2 Å². The molecule has 9 heteroatoms. The zero-order valence-electron chi connectivity index (χ0n) is 16.8. The normalized spacial score (nSPS) is 19.6. The minimum Gasteiger partial charge on any atom is -0.493 e. The second-order valence-electron chi connectivity index (χ2n) is 7.45. The maximum atomic E-state index is 12.9. The predicted molar refractivity (Wildman–Crippen MR) is 101 cm³/mol. The van der Waals surface area contributed by atoms with Crippen LogP contribution < -0.4 is 20.1 Å². The Hall–Kier alpha value is -2.45. The summed E-state index contributed by atoms with van der Waals surface area (Å²) < 4.78 is 49.5.